The quantitative estimate of drug-likeness (QED) is 0.0659. The number of nitrogens with zero attached hydrogens (tertiary/aromatic N) is 2. The Balaban J connectivity index is 1.54. The van der Waals surface area contributed by atoms with E-state index in [1.54, 1.807) is 36.7 Å². The first kappa shape index (κ1) is 41.1. The Morgan fingerprint density at radius 3 is 2.53 bits per heavy atom. The summed E-state index contributed by atoms with van der Waals surface area (Å²) >= 11 is 1.68. The number of oxime groups is 1. The molecule has 1 saturated carbocycles. The average molecular weight is 779 g/mol. The van der Waals surface area contributed by atoms with Crippen LogP contribution in [0.4, 0.5) is 4.79 Å². The Kier molecular flexibility index (Phi) is 14.6. The lowest BCUT2D eigenvalue weighted by molar-refractivity contribution is -0.254. The molecule has 2 aromatic rings. The minimum Gasteiger partial charge on any atom is -0.459 e. The Labute approximate surface area is 330 Å². The summed E-state index contributed by atoms with van der Waals surface area (Å²) in [4.78, 5) is 22.5. The highest BCUT2D eigenvalue weighted by molar-refractivity contribution is 7.98. The van der Waals surface area contributed by atoms with E-state index in [9.17, 15) is 15.0 Å². The summed E-state index contributed by atoms with van der Waals surface area (Å²) in [5, 5.41) is 24.6. The first-order chi connectivity index (χ1) is 26.9. The Morgan fingerprint density at radius 1 is 1.07 bits per heavy atom. The minimum absolute atomic E-state index is 0.0972. The monoisotopic (exact) mass is 778 g/mol. The molecule has 0 bridgehead atoms. The number of carbonyl (C=O) groups is 1. The van der Waals surface area contributed by atoms with Gasteiger partial charge in [0.25, 0.3) is 0 Å². The summed E-state index contributed by atoms with van der Waals surface area (Å²) in [6, 6.07) is 13.3. The van der Waals surface area contributed by atoms with E-state index in [-0.39, 0.29) is 50.6 Å². The highest BCUT2D eigenvalue weighted by atomic mass is 32.2. The molecule has 300 valence electrons. The van der Waals surface area contributed by atoms with Crippen molar-refractivity contribution in [3.63, 3.8) is 0 Å². The summed E-state index contributed by atoms with van der Waals surface area (Å²) in [6.07, 6.45) is 12.9. The first-order valence-electron chi connectivity index (χ1n) is 19.9. The highest BCUT2D eigenvalue weighted by Crippen LogP contribution is 2.62. The molecule has 2 heterocycles. The zero-order valence-electron chi connectivity index (χ0n) is 32.5. The summed E-state index contributed by atoms with van der Waals surface area (Å²) in [7, 11) is 1.73. The summed E-state index contributed by atoms with van der Waals surface area (Å²) in [5.41, 5.74) is 2.68. The van der Waals surface area contributed by atoms with E-state index < -0.39 is 30.1 Å². The molecule has 2 aromatic carbocycles. The third kappa shape index (κ3) is 9.20. The van der Waals surface area contributed by atoms with E-state index in [1.807, 2.05) is 42.7 Å². The van der Waals surface area contributed by atoms with Gasteiger partial charge in [-0.15, -0.1) is 18.3 Å². The minimum atomic E-state index is -1.35. The van der Waals surface area contributed by atoms with Gasteiger partial charge in [0.05, 0.1) is 31.5 Å². The molecule has 2 aliphatic carbocycles. The number of carbonyl (C=O) groups excluding carboxylic acids is 1. The predicted octanol–water partition coefficient (Wildman–Crippen LogP) is 8.45. The third-order valence-electron chi connectivity index (χ3n) is 11.4. The lowest BCUT2D eigenvalue weighted by Gasteiger charge is -2.59. The molecule has 2 aliphatic heterocycles. The SMILES string of the molecule is C=CCO[C@@]12Oc3ccc(Oc4ccc(SC)cc4)cc3[C@H]3[C@H](CCCCO)[C@@H](CCCCO)C=C(C(=NOC4CCCCO4)C[C@@H]1N(C)C(=O)OCC)[C@H]32. The van der Waals surface area contributed by atoms with E-state index in [4.69, 9.17) is 33.7 Å². The second-order valence-corrected chi connectivity index (χ2v) is 15.6. The number of hydrogen-bond acceptors (Lipinski definition) is 11. The molecule has 1 unspecified atom stereocenters. The van der Waals surface area contributed by atoms with Gasteiger partial charge in [0.1, 0.15) is 23.3 Å². The topological polar surface area (TPSA) is 129 Å². The van der Waals surface area contributed by atoms with Gasteiger partial charge >= 0.3 is 6.09 Å². The smallest absolute Gasteiger partial charge is 0.409 e. The number of thioether (sulfide) groups is 1. The molecular formula is C43H58N2O9S. The fourth-order valence-corrected chi connectivity index (χ4v) is 9.25. The second kappa shape index (κ2) is 19.5. The number of amides is 1. The maximum Gasteiger partial charge on any atom is 0.409 e. The van der Waals surface area contributed by atoms with E-state index in [1.165, 1.54) is 0 Å². The molecule has 1 amide bonds. The summed E-state index contributed by atoms with van der Waals surface area (Å²) in [5.74, 6) is 0.354. The van der Waals surface area contributed by atoms with Crippen molar-refractivity contribution in [2.24, 2.45) is 22.9 Å². The lowest BCUT2D eigenvalue weighted by atomic mass is 9.55. The van der Waals surface area contributed by atoms with Gasteiger partial charge in [-0.1, -0.05) is 30.1 Å². The molecule has 1 saturated heterocycles. The maximum atomic E-state index is 13.6. The van der Waals surface area contributed by atoms with Crippen molar-refractivity contribution in [1.29, 1.82) is 0 Å². The van der Waals surface area contributed by atoms with Crippen LogP contribution < -0.4 is 9.47 Å². The molecule has 6 rings (SSSR count). The van der Waals surface area contributed by atoms with E-state index in [0.717, 1.165) is 72.4 Å². The van der Waals surface area contributed by atoms with Crippen molar-refractivity contribution < 1.29 is 43.5 Å². The molecular weight excluding hydrogens is 721 g/mol. The Morgan fingerprint density at radius 2 is 1.84 bits per heavy atom. The van der Waals surface area contributed by atoms with Crippen LogP contribution >= 0.6 is 11.8 Å². The van der Waals surface area contributed by atoms with Gasteiger partial charge in [-0.05, 0) is 112 Å². The Hall–Kier alpha value is -3.55. The number of allylic oxidation sites excluding steroid dienone is 1. The van der Waals surface area contributed by atoms with Gasteiger partial charge in [0, 0.05) is 49.5 Å². The number of aliphatic hydroxyl groups excluding tert-OH is 2. The number of ether oxygens (including phenoxy) is 5. The first-order valence-corrected chi connectivity index (χ1v) is 21.2. The van der Waals surface area contributed by atoms with Crippen LogP contribution in [0.2, 0.25) is 0 Å². The summed E-state index contributed by atoms with van der Waals surface area (Å²) < 4.78 is 32.1. The standard InChI is InChI=1S/C43H58N2O9S/c1-5-24-51-43-38(45(3)42(48)49-6-2)28-36(44-54-39-15-9-12-25-50-39)34-26-29(13-7-10-22-46)33(14-8-11-23-47)40(41(34)43)35-27-31(18-21-37(35)53-43)52-30-16-19-32(55-4)20-17-30/h5,16-21,26-27,29,33,38-41,46-47H,1,6-15,22-25,28H2,2-4H3/t29-,33+,38-,39?,40+,41+,43+/m0/s1. The molecule has 0 radical (unpaired) electrons. The predicted molar refractivity (Wildman–Crippen MR) is 213 cm³/mol. The molecule has 12 heteroatoms. The van der Waals surface area contributed by atoms with Crippen molar-refractivity contribution >= 4 is 23.6 Å². The van der Waals surface area contributed by atoms with E-state index in [0.29, 0.717) is 30.9 Å². The third-order valence-corrected chi connectivity index (χ3v) is 12.1. The number of benzene rings is 2. The number of likely N-dealkylation sites (N-methyl/N-ethyl adjacent to an activating group) is 1. The number of aliphatic hydroxyl groups is 2. The van der Waals surface area contributed by atoms with Gasteiger partial charge in [0.15, 0.2) is 0 Å². The van der Waals surface area contributed by atoms with Crippen molar-refractivity contribution in [2.75, 3.05) is 46.3 Å². The van der Waals surface area contributed by atoms with Crippen LogP contribution in [0.5, 0.6) is 17.2 Å². The maximum absolute atomic E-state index is 13.6. The van der Waals surface area contributed by atoms with Gasteiger partial charge in [-0.2, -0.15) is 0 Å². The fourth-order valence-electron chi connectivity index (χ4n) is 8.84. The number of unbranched alkanes of at least 4 members (excludes halogenated alkanes) is 2. The zero-order valence-corrected chi connectivity index (χ0v) is 33.3. The molecule has 11 nitrogen and oxygen atoms in total. The van der Waals surface area contributed by atoms with Crippen LogP contribution in [0.3, 0.4) is 0 Å². The number of hydrogen-bond donors (Lipinski definition) is 2. The summed E-state index contributed by atoms with van der Waals surface area (Å²) in [6.45, 7) is 7.03. The van der Waals surface area contributed by atoms with Gasteiger partial charge < -0.3 is 43.6 Å². The normalized spacial score (nSPS) is 27.6. The van der Waals surface area contributed by atoms with Gasteiger partial charge in [-0.3, -0.25) is 0 Å². The van der Waals surface area contributed by atoms with E-state index in [2.05, 4.69) is 18.7 Å². The highest BCUT2D eigenvalue weighted by Gasteiger charge is 2.65. The van der Waals surface area contributed by atoms with Crippen LogP contribution in [0, 0.1) is 17.8 Å². The molecule has 0 aromatic heterocycles. The average Bonchev–Trinajstić information content (AvgIpc) is 3.21. The van der Waals surface area contributed by atoms with Crippen molar-refractivity contribution in [2.45, 2.75) is 100 Å². The van der Waals surface area contributed by atoms with Crippen molar-refractivity contribution in [1.82, 2.24) is 4.90 Å². The van der Waals surface area contributed by atoms with E-state index >= 15 is 0 Å². The van der Waals surface area contributed by atoms with Crippen LogP contribution in [0.1, 0.15) is 82.6 Å². The number of rotatable bonds is 18. The molecule has 2 fully saturated rings. The fraction of sp³-hybridized carbons (Fsp3) is 0.581. The van der Waals surface area contributed by atoms with Crippen LogP contribution in [-0.2, 0) is 19.0 Å². The lowest BCUT2D eigenvalue weighted by Crippen LogP contribution is -2.69. The van der Waals surface area contributed by atoms with Gasteiger partial charge in [-0.25, -0.2) is 4.79 Å². The van der Waals surface area contributed by atoms with Crippen molar-refractivity contribution in [3.8, 4) is 17.2 Å². The molecule has 55 heavy (non-hydrogen) atoms. The van der Waals surface area contributed by atoms with Crippen LogP contribution in [0.25, 0.3) is 0 Å². The molecule has 4 aliphatic rings. The van der Waals surface area contributed by atoms with Crippen molar-refractivity contribution in [3.05, 3.63) is 72.3 Å². The van der Waals surface area contributed by atoms with Crippen LogP contribution in [0.15, 0.2) is 76.8 Å². The second-order valence-electron chi connectivity index (χ2n) is 14.8. The van der Waals surface area contributed by atoms with Crippen LogP contribution in [-0.4, -0.2) is 91.4 Å². The Bertz CT molecular complexity index is 1640. The molecule has 0 spiro atoms. The number of fused-ring (bicyclic) bond motifs is 2. The van der Waals surface area contributed by atoms with Gasteiger partial charge in [0.2, 0.25) is 12.1 Å². The zero-order chi connectivity index (χ0) is 38.8. The largest absolute Gasteiger partial charge is 0.459 e. The molecule has 2 N–H and O–H groups in total. The molecule has 7 atom stereocenters.